The zero-order valence-electron chi connectivity index (χ0n) is 9.55. The minimum absolute atomic E-state index is 0.151. The number of benzene rings is 2. The van der Waals surface area contributed by atoms with E-state index in [0.717, 1.165) is 5.56 Å². The molecule has 0 aromatic heterocycles. The fourth-order valence-corrected chi connectivity index (χ4v) is 3.16. The van der Waals surface area contributed by atoms with Crippen LogP contribution in [0.5, 0.6) is 5.75 Å². The fourth-order valence-electron chi connectivity index (χ4n) is 1.55. The second-order valence-electron chi connectivity index (χ2n) is 3.89. The molecule has 2 nitrogen and oxygen atoms in total. The molecule has 0 amide bonds. The first-order valence-electron chi connectivity index (χ1n) is 5.33. The van der Waals surface area contributed by atoms with Gasteiger partial charge in [0.2, 0.25) is 0 Å². The molecule has 0 heterocycles. The zero-order chi connectivity index (χ0) is 14.0. The van der Waals surface area contributed by atoms with E-state index in [1.54, 1.807) is 24.3 Å². The van der Waals surface area contributed by atoms with Crippen molar-refractivity contribution in [1.82, 2.24) is 0 Å². The highest BCUT2D eigenvalue weighted by Crippen LogP contribution is 2.33. The summed E-state index contributed by atoms with van der Waals surface area (Å²) in [5.41, 5.74) is 1.35. The van der Waals surface area contributed by atoms with E-state index in [1.807, 2.05) is 0 Å². The summed E-state index contributed by atoms with van der Waals surface area (Å²) >= 11 is 9.73. The Hall–Kier alpha value is -0.590. The van der Waals surface area contributed by atoms with Gasteiger partial charge < -0.3 is 10.4 Å². The molecule has 2 rings (SSSR count). The Kier molecular flexibility index (Phi) is 4.86. The summed E-state index contributed by atoms with van der Waals surface area (Å²) in [5.74, 6) is -0.162. The summed E-state index contributed by atoms with van der Waals surface area (Å²) in [6.07, 6.45) is 0. The minimum atomic E-state index is -0.314. The van der Waals surface area contributed by atoms with Gasteiger partial charge in [-0.1, -0.05) is 15.9 Å². The highest BCUT2D eigenvalue weighted by molar-refractivity contribution is 9.11. The number of anilines is 1. The second kappa shape index (κ2) is 6.24. The number of halogens is 4. The van der Waals surface area contributed by atoms with Gasteiger partial charge in [-0.05, 0) is 67.8 Å². The number of phenolic OH excluding ortho intramolecular Hbond substituents is 1. The van der Waals surface area contributed by atoms with Crippen LogP contribution in [-0.2, 0) is 6.54 Å². The standard InChI is InChI=1S/C13H9Br3FNO/c14-8-1-2-12(11(17)5-8)18-6-7-3-9(15)13(19)10(16)4-7/h1-5,18-19H,6H2. The molecule has 2 aromatic carbocycles. The Morgan fingerprint density at radius 1 is 1.05 bits per heavy atom. The average molecular weight is 454 g/mol. The van der Waals surface area contributed by atoms with Gasteiger partial charge in [0.25, 0.3) is 0 Å². The van der Waals surface area contributed by atoms with Crippen LogP contribution >= 0.6 is 47.8 Å². The van der Waals surface area contributed by atoms with E-state index in [9.17, 15) is 9.50 Å². The van der Waals surface area contributed by atoms with Crippen LogP contribution in [0.1, 0.15) is 5.56 Å². The van der Waals surface area contributed by atoms with E-state index in [4.69, 9.17) is 0 Å². The molecule has 0 radical (unpaired) electrons. The molecule has 0 aliphatic carbocycles. The molecule has 0 saturated carbocycles. The van der Waals surface area contributed by atoms with Crippen LogP contribution < -0.4 is 5.32 Å². The molecule has 19 heavy (non-hydrogen) atoms. The quantitative estimate of drug-likeness (QED) is 0.649. The summed E-state index contributed by atoms with van der Waals surface area (Å²) in [4.78, 5) is 0. The van der Waals surface area contributed by atoms with Crippen molar-refractivity contribution in [3.05, 3.63) is 55.1 Å². The third kappa shape index (κ3) is 3.70. The molecule has 100 valence electrons. The van der Waals surface area contributed by atoms with Crippen LogP contribution in [0.4, 0.5) is 10.1 Å². The second-order valence-corrected chi connectivity index (χ2v) is 6.51. The van der Waals surface area contributed by atoms with Gasteiger partial charge in [0, 0.05) is 11.0 Å². The smallest absolute Gasteiger partial charge is 0.147 e. The molecule has 0 saturated heterocycles. The first-order valence-corrected chi connectivity index (χ1v) is 7.71. The molecule has 0 atom stereocenters. The van der Waals surface area contributed by atoms with Crippen molar-refractivity contribution in [2.45, 2.75) is 6.54 Å². The number of hydrogen-bond donors (Lipinski definition) is 2. The van der Waals surface area contributed by atoms with Gasteiger partial charge in [0.05, 0.1) is 14.6 Å². The molecule has 0 aliphatic heterocycles. The predicted molar refractivity (Wildman–Crippen MR) is 84.9 cm³/mol. The van der Waals surface area contributed by atoms with Crippen LogP contribution in [-0.4, -0.2) is 5.11 Å². The molecule has 0 aliphatic rings. The van der Waals surface area contributed by atoms with Crippen LogP contribution in [0.25, 0.3) is 0 Å². The molecular formula is C13H9Br3FNO. The van der Waals surface area contributed by atoms with Crippen LogP contribution in [0.15, 0.2) is 43.7 Å². The van der Waals surface area contributed by atoms with E-state index >= 15 is 0 Å². The van der Waals surface area contributed by atoms with E-state index in [2.05, 4.69) is 53.1 Å². The van der Waals surface area contributed by atoms with Crippen molar-refractivity contribution < 1.29 is 9.50 Å². The van der Waals surface area contributed by atoms with E-state index in [1.165, 1.54) is 6.07 Å². The third-order valence-corrected chi connectivity index (χ3v) is 4.19. The summed E-state index contributed by atoms with van der Waals surface area (Å²) in [5, 5.41) is 12.6. The van der Waals surface area contributed by atoms with Gasteiger partial charge in [0.15, 0.2) is 0 Å². The first kappa shape index (κ1) is 14.8. The first-order chi connectivity index (χ1) is 8.97. The van der Waals surface area contributed by atoms with E-state index in [0.29, 0.717) is 25.7 Å². The topological polar surface area (TPSA) is 32.3 Å². The van der Waals surface area contributed by atoms with Gasteiger partial charge in [-0.2, -0.15) is 0 Å². The summed E-state index contributed by atoms with van der Waals surface area (Å²) in [6, 6.07) is 8.41. The summed E-state index contributed by atoms with van der Waals surface area (Å²) in [6.45, 7) is 0.454. The van der Waals surface area contributed by atoms with Crippen molar-refractivity contribution in [2.75, 3.05) is 5.32 Å². The average Bonchev–Trinajstić information content (AvgIpc) is 2.34. The lowest BCUT2D eigenvalue weighted by Gasteiger charge is -2.10. The Labute approximate surface area is 135 Å². The summed E-state index contributed by atoms with van der Waals surface area (Å²) in [7, 11) is 0. The Morgan fingerprint density at radius 2 is 1.68 bits per heavy atom. The summed E-state index contributed by atoms with van der Waals surface area (Å²) < 4.78 is 15.5. The monoisotopic (exact) mass is 451 g/mol. The van der Waals surface area contributed by atoms with Crippen LogP contribution in [0.2, 0.25) is 0 Å². The van der Waals surface area contributed by atoms with Gasteiger partial charge in [-0.25, -0.2) is 4.39 Å². The highest BCUT2D eigenvalue weighted by atomic mass is 79.9. The zero-order valence-corrected chi connectivity index (χ0v) is 14.3. The maximum atomic E-state index is 13.6. The third-order valence-electron chi connectivity index (χ3n) is 2.49. The van der Waals surface area contributed by atoms with Crippen molar-refractivity contribution in [1.29, 1.82) is 0 Å². The Morgan fingerprint density at radius 3 is 2.26 bits per heavy atom. The molecule has 0 bridgehead atoms. The SMILES string of the molecule is Oc1c(Br)cc(CNc2ccc(Br)cc2F)cc1Br. The number of hydrogen-bond acceptors (Lipinski definition) is 2. The molecular weight excluding hydrogens is 445 g/mol. The molecule has 0 spiro atoms. The lowest BCUT2D eigenvalue weighted by molar-refractivity contribution is 0.468. The van der Waals surface area contributed by atoms with Gasteiger partial charge in [-0.15, -0.1) is 0 Å². The van der Waals surface area contributed by atoms with Gasteiger partial charge in [-0.3, -0.25) is 0 Å². The normalized spacial score (nSPS) is 10.5. The van der Waals surface area contributed by atoms with Crippen molar-refractivity contribution in [2.24, 2.45) is 0 Å². The fraction of sp³-hybridized carbons (Fsp3) is 0.0769. The highest BCUT2D eigenvalue weighted by Gasteiger charge is 2.07. The molecule has 0 unspecified atom stereocenters. The number of phenols is 1. The maximum absolute atomic E-state index is 13.6. The van der Waals surface area contributed by atoms with E-state index < -0.39 is 0 Å². The number of aromatic hydroxyl groups is 1. The van der Waals surface area contributed by atoms with Gasteiger partial charge in [0.1, 0.15) is 11.6 Å². The van der Waals surface area contributed by atoms with Crippen LogP contribution in [0, 0.1) is 5.82 Å². The largest absolute Gasteiger partial charge is 0.506 e. The molecule has 2 aromatic rings. The van der Waals surface area contributed by atoms with Crippen molar-refractivity contribution in [3.8, 4) is 5.75 Å². The molecule has 0 fully saturated rings. The minimum Gasteiger partial charge on any atom is -0.506 e. The Bertz CT molecular complexity index is 596. The van der Waals surface area contributed by atoms with Crippen LogP contribution in [0.3, 0.4) is 0 Å². The maximum Gasteiger partial charge on any atom is 0.147 e. The van der Waals surface area contributed by atoms with Crippen molar-refractivity contribution >= 4 is 53.5 Å². The van der Waals surface area contributed by atoms with Gasteiger partial charge >= 0.3 is 0 Å². The van der Waals surface area contributed by atoms with E-state index in [-0.39, 0.29) is 11.6 Å². The molecule has 6 heteroatoms. The molecule has 2 N–H and O–H groups in total. The van der Waals surface area contributed by atoms with Crippen molar-refractivity contribution in [3.63, 3.8) is 0 Å². The Balaban J connectivity index is 2.14. The number of rotatable bonds is 3. The lowest BCUT2D eigenvalue weighted by atomic mass is 10.2. The number of nitrogens with one attached hydrogen (secondary N) is 1. The lowest BCUT2D eigenvalue weighted by Crippen LogP contribution is -2.01. The predicted octanol–water partition coefficient (Wildman–Crippen LogP) is 5.43.